The molecule has 1 aliphatic carbocycles. The lowest BCUT2D eigenvalue weighted by Gasteiger charge is -2.41. The van der Waals surface area contributed by atoms with Gasteiger partial charge in [0.15, 0.2) is 0 Å². The molecule has 9 nitrogen and oxygen atoms in total. The lowest BCUT2D eigenvalue weighted by atomic mass is 9.98. The number of primary amides is 1. The quantitative estimate of drug-likeness (QED) is 0.685. The van der Waals surface area contributed by atoms with E-state index in [1.54, 1.807) is 6.20 Å². The molecule has 29 heavy (non-hydrogen) atoms. The normalized spacial score (nSPS) is 20.4. The van der Waals surface area contributed by atoms with E-state index in [2.05, 4.69) is 51.4 Å². The topological polar surface area (TPSA) is 114 Å². The van der Waals surface area contributed by atoms with E-state index in [9.17, 15) is 4.79 Å². The van der Waals surface area contributed by atoms with Crippen molar-refractivity contribution >= 4 is 23.4 Å². The van der Waals surface area contributed by atoms with Crippen LogP contribution in [-0.2, 0) is 0 Å². The largest absolute Gasteiger partial charge is 0.367 e. The van der Waals surface area contributed by atoms with E-state index in [0.717, 1.165) is 38.0 Å². The average Bonchev–Trinajstić information content (AvgIpc) is 3.36. The fourth-order valence-corrected chi connectivity index (χ4v) is 3.66. The maximum atomic E-state index is 11.6. The Labute approximate surface area is 171 Å². The molecule has 1 atom stereocenters. The molecule has 2 aliphatic rings. The fourth-order valence-electron chi connectivity index (χ4n) is 3.66. The van der Waals surface area contributed by atoms with Gasteiger partial charge in [-0.05, 0) is 53.0 Å². The second kappa shape index (κ2) is 7.62. The van der Waals surface area contributed by atoms with Gasteiger partial charge < -0.3 is 16.4 Å². The van der Waals surface area contributed by atoms with Crippen molar-refractivity contribution in [2.45, 2.75) is 64.1 Å². The Bertz CT molecular complexity index is 883. The molecule has 3 heterocycles. The van der Waals surface area contributed by atoms with Crippen LogP contribution in [0.4, 0.5) is 17.5 Å². The lowest BCUT2D eigenvalue weighted by molar-refractivity contribution is 0.0785. The van der Waals surface area contributed by atoms with E-state index in [0.29, 0.717) is 29.4 Å². The zero-order chi connectivity index (χ0) is 20.6. The van der Waals surface area contributed by atoms with Crippen LogP contribution in [0.5, 0.6) is 0 Å². The number of amides is 1. The fraction of sp³-hybridized carbons (Fsp3) is 0.600. The van der Waals surface area contributed by atoms with Crippen LogP contribution in [0, 0.1) is 0 Å². The van der Waals surface area contributed by atoms with E-state index in [-0.39, 0.29) is 5.54 Å². The summed E-state index contributed by atoms with van der Waals surface area (Å²) in [4.78, 5) is 22.8. The molecule has 0 aromatic carbocycles. The summed E-state index contributed by atoms with van der Waals surface area (Å²) in [5.74, 6) is 0.365. The Morgan fingerprint density at radius 3 is 2.72 bits per heavy atom. The third-order valence-electron chi connectivity index (χ3n) is 5.55. The van der Waals surface area contributed by atoms with Crippen LogP contribution in [-0.4, -0.2) is 55.2 Å². The molecule has 0 bridgehead atoms. The van der Waals surface area contributed by atoms with Crippen LogP contribution < -0.4 is 16.4 Å². The van der Waals surface area contributed by atoms with Crippen LogP contribution in [0.1, 0.15) is 62.9 Å². The van der Waals surface area contributed by atoms with Crippen molar-refractivity contribution in [2.24, 2.45) is 5.73 Å². The summed E-state index contributed by atoms with van der Waals surface area (Å²) in [7, 11) is 0. The van der Waals surface area contributed by atoms with Gasteiger partial charge >= 0.3 is 0 Å². The highest BCUT2D eigenvalue weighted by atomic mass is 16.1. The molecule has 4 N–H and O–H groups in total. The van der Waals surface area contributed by atoms with Crippen LogP contribution in [0.15, 0.2) is 18.6 Å². The van der Waals surface area contributed by atoms with Gasteiger partial charge in [0.2, 0.25) is 5.95 Å². The van der Waals surface area contributed by atoms with E-state index in [1.165, 1.54) is 12.6 Å². The number of anilines is 3. The summed E-state index contributed by atoms with van der Waals surface area (Å²) in [6.45, 7) is 8.89. The summed E-state index contributed by atoms with van der Waals surface area (Å²) in [6.07, 6.45) is 9.68. The number of carbonyl (C=O) groups is 1. The van der Waals surface area contributed by atoms with Gasteiger partial charge in [-0.2, -0.15) is 10.1 Å². The highest BCUT2D eigenvalue weighted by molar-refractivity contribution is 5.97. The number of hydrogen-bond acceptors (Lipinski definition) is 7. The van der Waals surface area contributed by atoms with Gasteiger partial charge in [0.25, 0.3) is 5.91 Å². The zero-order valence-electron chi connectivity index (χ0n) is 17.4. The van der Waals surface area contributed by atoms with Crippen molar-refractivity contribution in [2.75, 3.05) is 23.7 Å². The molecule has 0 radical (unpaired) electrons. The Morgan fingerprint density at radius 1 is 1.24 bits per heavy atom. The molecule has 1 aliphatic heterocycles. The minimum Gasteiger partial charge on any atom is -0.367 e. The molecule has 4 rings (SSSR count). The van der Waals surface area contributed by atoms with Crippen LogP contribution in [0.2, 0.25) is 0 Å². The van der Waals surface area contributed by atoms with Crippen molar-refractivity contribution in [3.05, 3.63) is 24.2 Å². The number of carbonyl (C=O) groups excluding carboxylic acids is 1. The molecule has 0 spiro atoms. The first-order valence-corrected chi connectivity index (χ1v) is 10.3. The summed E-state index contributed by atoms with van der Waals surface area (Å²) in [6, 6.07) is 0.708. The smallest absolute Gasteiger partial charge is 0.254 e. The second-order valence-corrected chi connectivity index (χ2v) is 8.99. The summed E-state index contributed by atoms with van der Waals surface area (Å²) >= 11 is 0. The van der Waals surface area contributed by atoms with Gasteiger partial charge in [0, 0.05) is 30.5 Å². The predicted octanol–water partition coefficient (Wildman–Crippen LogP) is 2.53. The molecular formula is C20H30N8O. The van der Waals surface area contributed by atoms with E-state index >= 15 is 0 Å². The standard InChI is InChI=1S/C20H30N8O/c1-20(2,3)27-8-4-5-15(12-27)28-11-14(9-23-28)25-19-22-10-16(17(21)29)18(26-19)24-13-6-7-13/h9-11,13,15H,4-8,12H2,1-3H3,(H2,21,29)(H2,22,24,25,26)/t15-/m1/s1. The molecular weight excluding hydrogens is 368 g/mol. The number of rotatable bonds is 6. The van der Waals surface area contributed by atoms with Crippen molar-refractivity contribution in [1.82, 2.24) is 24.6 Å². The predicted molar refractivity (Wildman–Crippen MR) is 112 cm³/mol. The first kappa shape index (κ1) is 19.6. The van der Waals surface area contributed by atoms with Crippen LogP contribution in [0.25, 0.3) is 0 Å². The number of nitrogens with zero attached hydrogens (tertiary/aromatic N) is 5. The molecule has 1 saturated heterocycles. The Hall–Kier alpha value is -2.68. The van der Waals surface area contributed by atoms with Gasteiger partial charge in [-0.25, -0.2) is 4.98 Å². The molecule has 0 unspecified atom stereocenters. The van der Waals surface area contributed by atoms with Gasteiger partial charge in [0.05, 0.1) is 23.5 Å². The van der Waals surface area contributed by atoms with E-state index in [4.69, 9.17) is 5.73 Å². The van der Waals surface area contributed by atoms with Crippen molar-refractivity contribution in [3.63, 3.8) is 0 Å². The maximum Gasteiger partial charge on any atom is 0.254 e. The maximum absolute atomic E-state index is 11.6. The number of nitrogens with two attached hydrogens (primary N) is 1. The van der Waals surface area contributed by atoms with E-state index < -0.39 is 5.91 Å². The van der Waals surface area contributed by atoms with E-state index in [1.807, 2.05) is 10.9 Å². The highest BCUT2D eigenvalue weighted by Crippen LogP contribution is 2.28. The summed E-state index contributed by atoms with van der Waals surface area (Å²) < 4.78 is 2.03. The van der Waals surface area contributed by atoms with Gasteiger partial charge in [-0.3, -0.25) is 14.4 Å². The lowest BCUT2D eigenvalue weighted by Crippen LogP contribution is -2.47. The first-order chi connectivity index (χ1) is 13.8. The van der Waals surface area contributed by atoms with Crippen molar-refractivity contribution in [1.29, 1.82) is 0 Å². The van der Waals surface area contributed by atoms with Gasteiger partial charge in [-0.1, -0.05) is 0 Å². The third-order valence-corrected chi connectivity index (χ3v) is 5.55. The minimum absolute atomic E-state index is 0.161. The number of nitrogens with one attached hydrogen (secondary N) is 2. The van der Waals surface area contributed by atoms with Gasteiger partial charge in [-0.15, -0.1) is 0 Å². The summed E-state index contributed by atoms with van der Waals surface area (Å²) in [5.41, 5.74) is 6.73. The Balaban J connectivity index is 1.47. The molecule has 1 amide bonds. The highest BCUT2D eigenvalue weighted by Gasteiger charge is 2.29. The van der Waals surface area contributed by atoms with Crippen molar-refractivity contribution < 1.29 is 4.79 Å². The SMILES string of the molecule is CC(C)(C)N1CCC[C@@H](n2cc(Nc3ncc(C(N)=O)c(NC4CC4)n3)cn2)C1. The zero-order valence-corrected chi connectivity index (χ0v) is 17.4. The first-order valence-electron chi connectivity index (χ1n) is 10.3. The molecule has 2 aromatic rings. The molecule has 9 heteroatoms. The van der Waals surface area contributed by atoms with Crippen LogP contribution >= 0.6 is 0 Å². The number of aromatic nitrogens is 4. The average molecular weight is 399 g/mol. The number of hydrogen-bond donors (Lipinski definition) is 3. The van der Waals surface area contributed by atoms with Crippen LogP contribution in [0.3, 0.4) is 0 Å². The minimum atomic E-state index is -0.534. The second-order valence-electron chi connectivity index (χ2n) is 8.99. The Morgan fingerprint density at radius 2 is 2.03 bits per heavy atom. The third kappa shape index (κ3) is 4.67. The summed E-state index contributed by atoms with van der Waals surface area (Å²) in [5, 5.41) is 11.0. The molecule has 2 aromatic heterocycles. The molecule has 1 saturated carbocycles. The molecule has 156 valence electrons. The number of piperidine rings is 1. The molecule has 2 fully saturated rings. The number of likely N-dealkylation sites (tertiary alicyclic amines) is 1. The Kier molecular flexibility index (Phi) is 5.16. The van der Waals surface area contributed by atoms with Gasteiger partial charge in [0.1, 0.15) is 5.82 Å². The monoisotopic (exact) mass is 398 g/mol. The van der Waals surface area contributed by atoms with Crippen molar-refractivity contribution in [3.8, 4) is 0 Å².